The summed E-state index contributed by atoms with van der Waals surface area (Å²) in [7, 11) is -3.96. The van der Waals surface area contributed by atoms with Gasteiger partial charge in [-0.2, -0.15) is 4.72 Å². The van der Waals surface area contributed by atoms with Crippen molar-refractivity contribution in [3.05, 3.63) is 48.0 Å². The summed E-state index contributed by atoms with van der Waals surface area (Å²) < 4.78 is 34.1. The van der Waals surface area contributed by atoms with Crippen LogP contribution in [0.15, 0.2) is 47.4 Å². The molecule has 2 aromatic rings. The summed E-state index contributed by atoms with van der Waals surface area (Å²) in [5.74, 6) is -0.128. The standard InChI is InChI=1S/C23H29N3O5S/c1-4-31-18-10-8-17(9-11-18)24-23(28)22(15(2)3)26-32(29,30)19-12-13-20-16(14-19)6-5-7-21(27)25-20/h8-15,22,26H,4-7H2,1-3H3,(H,24,28)(H,25,27). The average Bonchev–Trinajstić information content (AvgIpc) is 2.93. The average molecular weight is 460 g/mol. The minimum atomic E-state index is -3.96. The second-order valence-corrected chi connectivity index (χ2v) is 9.72. The Balaban J connectivity index is 1.76. The largest absolute Gasteiger partial charge is 0.494 e. The van der Waals surface area contributed by atoms with Gasteiger partial charge in [0.1, 0.15) is 11.8 Å². The maximum absolute atomic E-state index is 13.1. The van der Waals surface area contributed by atoms with E-state index < -0.39 is 22.0 Å². The van der Waals surface area contributed by atoms with Crippen molar-refractivity contribution >= 4 is 33.2 Å². The molecule has 9 heteroatoms. The van der Waals surface area contributed by atoms with Crippen LogP contribution in [0.25, 0.3) is 0 Å². The molecule has 1 unspecified atom stereocenters. The molecule has 0 bridgehead atoms. The molecule has 1 atom stereocenters. The third-order valence-electron chi connectivity index (χ3n) is 5.18. The molecule has 0 saturated heterocycles. The molecule has 0 aromatic heterocycles. The van der Waals surface area contributed by atoms with E-state index in [1.165, 1.54) is 6.07 Å². The monoisotopic (exact) mass is 459 g/mol. The van der Waals surface area contributed by atoms with Gasteiger partial charge in [-0.25, -0.2) is 8.42 Å². The first-order chi connectivity index (χ1) is 15.2. The number of hydrogen-bond acceptors (Lipinski definition) is 5. The van der Waals surface area contributed by atoms with Gasteiger partial charge >= 0.3 is 0 Å². The quantitative estimate of drug-likeness (QED) is 0.561. The van der Waals surface area contributed by atoms with Gasteiger partial charge in [0.2, 0.25) is 21.8 Å². The fraction of sp³-hybridized carbons (Fsp3) is 0.391. The first-order valence-corrected chi connectivity index (χ1v) is 12.2. The molecule has 172 valence electrons. The van der Waals surface area contributed by atoms with Gasteiger partial charge < -0.3 is 15.4 Å². The Morgan fingerprint density at radius 1 is 1.12 bits per heavy atom. The Morgan fingerprint density at radius 2 is 1.84 bits per heavy atom. The molecule has 0 spiro atoms. The summed E-state index contributed by atoms with van der Waals surface area (Å²) in [4.78, 5) is 24.7. The molecule has 32 heavy (non-hydrogen) atoms. The van der Waals surface area contributed by atoms with Crippen LogP contribution in [-0.2, 0) is 26.0 Å². The van der Waals surface area contributed by atoms with Gasteiger partial charge in [0, 0.05) is 17.8 Å². The van der Waals surface area contributed by atoms with E-state index in [4.69, 9.17) is 4.74 Å². The van der Waals surface area contributed by atoms with Gasteiger partial charge in [0.25, 0.3) is 0 Å². The highest BCUT2D eigenvalue weighted by molar-refractivity contribution is 7.89. The topological polar surface area (TPSA) is 114 Å². The van der Waals surface area contributed by atoms with Crippen LogP contribution in [0, 0.1) is 5.92 Å². The van der Waals surface area contributed by atoms with Gasteiger partial charge in [-0.15, -0.1) is 0 Å². The van der Waals surface area contributed by atoms with E-state index in [9.17, 15) is 18.0 Å². The van der Waals surface area contributed by atoms with Gasteiger partial charge in [-0.3, -0.25) is 9.59 Å². The molecule has 0 radical (unpaired) electrons. The first kappa shape index (κ1) is 23.7. The van der Waals surface area contributed by atoms with Gasteiger partial charge in [0.05, 0.1) is 11.5 Å². The molecule has 0 aliphatic carbocycles. The number of fused-ring (bicyclic) bond motifs is 1. The normalized spacial score (nSPS) is 14.8. The highest BCUT2D eigenvalue weighted by Crippen LogP contribution is 2.25. The molecular weight excluding hydrogens is 430 g/mol. The number of carbonyl (C=O) groups is 2. The molecule has 0 fully saturated rings. The van der Waals surface area contributed by atoms with Crippen molar-refractivity contribution in [1.82, 2.24) is 4.72 Å². The Morgan fingerprint density at radius 3 is 2.50 bits per heavy atom. The molecule has 1 aliphatic rings. The zero-order valence-corrected chi connectivity index (χ0v) is 19.3. The highest BCUT2D eigenvalue weighted by atomic mass is 32.2. The van der Waals surface area contributed by atoms with Crippen LogP contribution in [0.5, 0.6) is 5.75 Å². The fourth-order valence-corrected chi connectivity index (χ4v) is 4.86. The number of anilines is 2. The summed E-state index contributed by atoms with van der Waals surface area (Å²) in [5, 5.41) is 5.55. The maximum atomic E-state index is 13.1. The summed E-state index contributed by atoms with van der Waals surface area (Å²) in [6.07, 6.45) is 1.65. The number of aryl methyl sites for hydroxylation is 1. The van der Waals surface area contributed by atoms with E-state index in [0.29, 0.717) is 43.0 Å². The molecule has 2 aromatic carbocycles. The molecule has 3 N–H and O–H groups in total. The minimum Gasteiger partial charge on any atom is -0.494 e. The number of sulfonamides is 1. The van der Waals surface area contributed by atoms with Crippen molar-refractivity contribution in [2.24, 2.45) is 5.92 Å². The molecule has 8 nitrogen and oxygen atoms in total. The summed E-state index contributed by atoms with van der Waals surface area (Å²) >= 11 is 0. The van der Waals surface area contributed by atoms with Crippen molar-refractivity contribution < 1.29 is 22.7 Å². The maximum Gasteiger partial charge on any atom is 0.242 e. The van der Waals surface area contributed by atoms with Crippen molar-refractivity contribution in [3.8, 4) is 5.75 Å². The van der Waals surface area contributed by atoms with E-state index in [1.807, 2.05) is 6.92 Å². The van der Waals surface area contributed by atoms with E-state index in [0.717, 1.165) is 5.56 Å². The van der Waals surface area contributed by atoms with Crippen LogP contribution < -0.4 is 20.1 Å². The molecular formula is C23H29N3O5S. The van der Waals surface area contributed by atoms with Crippen LogP contribution in [0.3, 0.4) is 0 Å². The van der Waals surface area contributed by atoms with Crippen LogP contribution in [-0.4, -0.2) is 32.9 Å². The first-order valence-electron chi connectivity index (χ1n) is 10.7. The predicted octanol–water partition coefficient (Wildman–Crippen LogP) is 3.30. The zero-order valence-electron chi connectivity index (χ0n) is 18.5. The fourth-order valence-electron chi connectivity index (χ4n) is 3.47. The molecule has 1 heterocycles. The minimum absolute atomic E-state index is 0.0620. The molecule has 3 rings (SSSR count). The van der Waals surface area contributed by atoms with E-state index in [1.54, 1.807) is 50.2 Å². The molecule has 2 amide bonds. The van der Waals surface area contributed by atoms with Gasteiger partial charge in [-0.1, -0.05) is 13.8 Å². The second kappa shape index (κ2) is 10.1. The van der Waals surface area contributed by atoms with Crippen molar-refractivity contribution in [2.75, 3.05) is 17.2 Å². The summed E-state index contributed by atoms with van der Waals surface area (Å²) in [6.45, 7) is 5.97. The zero-order chi connectivity index (χ0) is 23.3. The van der Waals surface area contributed by atoms with Gasteiger partial charge in [0.15, 0.2) is 0 Å². The Kier molecular flexibility index (Phi) is 7.52. The third kappa shape index (κ3) is 5.86. The number of rotatable bonds is 8. The number of hydrogen-bond donors (Lipinski definition) is 3. The second-order valence-electron chi connectivity index (χ2n) is 8.01. The summed E-state index contributed by atoms with van der Waals surface area (Å²) in [5.41, 5.74) is 1.93. The summed E-state index contributed by atoms with van der Waals surface area (Å²) in [6, 6.07) is 10.5. The number of ether oxygens (including phenoxy) is 1. The van der Waals surface area contributed by atoms with E-state index in [2.05, 4.69) is 15.4 Å². The van der Waals surface area contributed by atoms with E-state index in [-0.39, 0.29) is 16.7 Å². The lowest BCUT2D eigenvalue weighted by Crippen LogP contribution is -2.47. The molecule has 0 saturated carbocycles. The lowest BCUT2D eigenvalue weighted by atomic mass is 10.0. The Labute approximate surface area is 188 Å². The van der Waals surface area contributed by atoms with Crippen LogP contribution in [0.2, 0.25) is 0 Å². The van der Waals surface area contributed by atoms with Gasteiger partial charge in [-0.05, 0) is 73.7 Å². The Hall–Kier alpha value is -2.91. The lowest BCUT2D eigenvalue weighted by Gasteiger charge is -2.22. The number of carbonyl (C=O) groups excluding carboxylic acids is 2. The van der Waals surface area contributed by atoms with Crippen molar-refractivity contribution in [2.45, 2.75) is 51.0 Å². The van der Waals surface area contributed by atoms with Crippen LogP contribution in [0.4, 0.5) is 11.4 Å². The van der Waals surface area contributed by atoms with E-state index >= 15 is 0 Å². The third-order valence-corrected chi connectivity index (χ3v) is 6.61. The predicted molar refractivity (Wildman–Crippen MR) is 123 cm³/mol. The van der Waals surface area contributed by atoms with Crippen molar-refractivity contribution in [1.29, 1.82) is 0 Å². The van der Waals surface area contributed by atoms with Crippen LogP contribution >= 0.6 is 0 Å². The van der Waals surface area contributed by atoms with Crippen molar-refractivity contribution in [3.63, 3.8) is 0 Å². The number of nitrogens with one attached hydrogen (secondary N) is 3. The van der Waals surface area contributed by atoms with Crippen LogP contribution in [0.1, 0.15) is 39.2 Å². The highest BCUT2D eigenvalue weighted by Gasteiger charge is 2.29. The Bertz CT molecular complexity index is 1080. The SMILES string of the molecule is CCOc1ccc(NC(=O)C(NS(=O)(=O)c2ccc3c(c2)CCCC(=O)N3)C(C)C)cc1. The number of benzene rings is 2. The number of amides is 2. The molecule has 1 aliphatic heterocycles. The lowest BCUT2D eigenvalue weighted by molar-refractivity contribution is -0.118. The smallest absolute Gasteiger partial charge is 0.242 e.